The maximum absolute atomic E-state index is 12.4. The average molecular weight is 363 g/mol. The van der Waals surface area contributed by atoms with E-state index >= 15 is 0 Å². The van der Waals surface area contributed by atoms with Gasteiger partial charge in [0.1, 0.15) is 5.82 Å². The van der Waals surface area contributed by atoms with Gasteiger partial charge in [0.2, 0.25) is 0 Å². The van der Waals surface area contributed by atoms with Crippen LogP contribution in [0.2, 0.25) is 5.02 Å². The molecule has 124 valence electrons. The van der Waals surface area contributed by atoms with Crippen molar-refractivity contribution in [1.82, 2.24) is 9.97 Å². The first-order valence-corrected chi connectivity index (χ1v) is 9.36. The fraction of sp³-hybridized carbons (Fsp3) is 0.176. The van der Waals surface area contributed by atoms with E-state index < -0.39 is 9.84 Å². The van der Waals surface area contributed by atoms with Gasteiger partial charge in [-0.1, -0.05) is 29.3 Å². The highest BCUT2D eigenvalue weighted by Crippen LogP contribution is 2.16. The van der Waals surface area contributed by atoms with Crippen molar-refractivity contribution in [3.05, 3.63) is 69.2 Å². The zero-order chi connectivity index (χ0) is 17.3. The summed E-state index contributed by atoms with van der Waals surface area (Å²) in [5.74, 6) is 0.212. The molecule has 0 fully saturated rings. The number of halogens is 1. The van der Waals surface area contributed by atoms with Gasteiger partial charge in [0.25, 0.3) is 5.56 Å². The zero-order valence-electron chi connectivity index (χ0n) is 12.9. The molecule has 7 heteroatoms. The Morgan fingerprint density at radius 2 is 1.83 bits per heavy atom. The van der Waals surface area contributed by atoms with Gasteiger partial charge in [-0.25, -0.2) is 13.4 Å². The molecule has 0 aliphatic rings. The van der Waals surface area contributed by atoms with Gasteiger partial charge in [0.15, 0.2) is 9.84 Å². The number of aromatic nitrogens is 2. The molecule has 1 aromatic heterocycles. The van der Waals surface area contributed by atoms with E-state index in [-0.39, 0.29) is 22.6 Å². The van der Waals surface area contributed by atoms with E-state index in [1.54, 1.807) is 36.4 Å². The number of benzene rings is 2. The Bertz CT molecular complexity index is 1060. The molecule has 0 radical (unpaired) electrons. The van der Waals surface area contributed by atoms with Crippen molar-refractivity contribution in [2.24, 2.45) is 0 Å². The van der Waals surface area contributed by atoms with Gasteiger partial charge in [-0.15, -0.1) is 0 Å². The van der Waals surface area contributed by atoms with E-state index in [4.69, 9.17) is 11.6 Å². The molecule has 0 bridgehead atoms. The average Bonchev–Trinajstić information content (AvgIpc) is 2.54. The lowest BCUT2D eigenvalue weighted by Crippen LogP contribution is -2.16. The first-order valence-electron chi connectivity index (χ1n) is 7.33. The second-order valence-electron chi connectivity index (χ2n) is 5.56. The number of nitrogens with one attached hydrogen (secondary N) is 1. The highest BCUT2D eigenvalue weighted by atomic mass is 35.5. The SMILES string of the molecule is Cc1ccc(S(=O)(=O)CCc2nc3ccc(Cl)cc3c(=O)[nH]2)cc1. The van der Waals surface area contributed by atoms with Crippen molar-refractivity contribution in [1.29, 1.82) is 0 Å². The molecule has 2 aromatic carbocycles. The summed E-state index contributed by atoms with van der Waals surface area (Å²) in [5.41, 5.74) is 1.16. The molecule has 0 saturated carbocycles. The summed E-state index contributed by atoms with van der Waals surface area (Å²) < 4.78 is 24.7. The summed E-state index contributed by atoms with van der Waals surface area (Å²) in [5, 5.41) is 0.831. The first-order chi connectivity index (χ1) is 11.3. The topological polar surface area (TPSA) is 79.9 Å². The maximum atomic E-state index is 12.4. The molecule has 0 aliphatic carbocycles. The number of aryl methyl sites for hydroxylation is 2. The molecule has 0 amide bonds. The van der Waals surface area contributed by atoms with Crippen LogP contribution in [0.5, 0.6) is 0 Å². The minimum atomic E-state index is -3.43. The molecule has 3 aromatic rings. The third kappa shape index (κ3) is 3.49. The van der Waals surface area contributed by atoms with Gasteiger partial charge in [0, 0.05) is 11.4 Å². The van der Waals surface area contributed by atoms with Crippen molar-refractivity contribution >= 4 is 32.3 Å². The van der Waals surface area contributed by atoms with Crippen molar-refractivity contribution in [3.63, 3.8) is 0 Å². The minimum Gasteiger partial charge on any atom is -0.310 e. The van der Waals surface area contributed by atoms with E-state index in [2.05, 4.69) is 9.97 Å². The number of nitrogens with zero attached hydrogens (tertiary/aromatic N) is 1. The van der Waals surface area contributed by atoms with E-state index in [9.17, 15) is 13.2 Å². The third-order valence-electron chi connectivity index (χ3n) is 3.70. The Morgan fingerprint density at radius 3 is 2.54 bits per heavy atom. The van der Waals surface area contributed by atoms with Crippen LogP contribution in [0.3, 0.4) is 0 Å². The van der Waals surface area contributed by atoms with Gasteiger partial charge in [-0.05, 0) is 37.3 Å². The monoisotopic (exact) mass is 362 g/mol. The lowest BCUT2D eigenvalue weighted by atomic mass is 10.2. The third-order valence-corrected chi connectivity index (χ3v) is 5.67. The second kappa shape index (κ2) is 6.37. The second-order valence-corrected chi connectivity index (χ2v) is 8.10. The number of fused-ring (bicyclic) bond motifs is 1. The van der Waals surface area contributed by atoms with Crippen LogP contribution in [0.25, 0.3) is 10.9 Å². The lowest BCUT2D eigenvalue weighted by molar-refractivity contribution is 0.594. The summed E-state index contributed by atoms with van der Waals surface area (Å²) in [6.45, 7) is 1.90. The Labute approximate surface area is 144 Å². The van der Waals surface area contributed by atoms with Gasteiger partial charge in [-0.3, -0.25) is 4.79 Å². The molecule has 5 nitrogen and oxygen atoms in total. The predicted molar refractivity (Wildman–Crippen MR) is 94.3 cm³/mol. The molecule has 0 spiro atoms. The molecular weight excluding hydrogens is 348 g/mol. The van der Waals surface area contributed by atoms with E-state index in [0.717, 1.165) is 5.56 Å². The van der Waals surface area contributed by atoms with Gasteiger partial charge < -0.3 is 4.98 Å². The van der Waals surface area contributed by atoms with Crippen LogP contribution < -0.4 is 5.56 Å². The molecule has 24 heavy (non-hydrogen) atoms. The van der Waals surface area contributed by atoms with Crippen molar-refractivity contribution in [3.8, 4) is 0 Å². The molecule has 1 heterocycles. The number of rotatable bonds is 4. The van der Waals surface area contributed by atoms with Crippen molar-refractivity contribution in [2.75, 3.05) is 5.75 Å². The zero-order valence-corrected chi connectivity index (χ0v) is 14.5. The van der Waals surface area contributed by atoms with Crippen LogP contribution in [-0.4, -0.2) is 24.1 Å². The van der Waals surface area contributed by atoms with Gasteiger partial charge in [0.05, 0.1) is 21.6 Å². The van der Waals surface area contributed by atoms with Crippen LogP contribution >= 0.6 is 11.6 Å². The van der Waals surface area contributed by atoms with E-state index in [0.29, 0.717) is 21.7 Å². The quantitative estimate of drug-likeness (QED) is 0.773. The number of hydrogen-bond acceptors (Lipinski definition) is 4. The first kappa shape index (κ1) is 16.7. The smallest absolute Gasteiger partial charge is 0.258 e. The summed E-state index contributed by atoms with van der Waals surface area (Å²) in [6, 6.07) is 11.5. The summed E-state index contributed by atoms with van der Waals surface area (Å²) >= 11 is 5.87. The maximum Gasteiger partial charge on any atom is 0.258 e. The Morgan fingerprint density at radius 1 is 1.12 bits per heavy atom. The van der Waals surface area contributed by atoms with Gasteiger partial charge in [-0.2, -0.15) is 0 Å². The Hall–Kier alpha value is -2.18. The van der Waals surface area contributed by atoms with E-state index in [1.807, 2.05) is 6.92 Å². The minimum absolute atomic E-state index is 0.127. The number of H-pyrrole nitrogens is 1. The van der Waals surface area contributed by atoms with Crippen LogP contribution in [0.15, 0.2) is 52.2 Å². The molecule has 0 saturated heterocycles. The predicted octanol–water partition coefficient (Wildman–Crippen LogP) is 2.90. The fourth-order valence-electron chi connectivity index (χ4n) is 2.37. The van der Waals surface area contributed by atoms with Crippen molar-refractivity contribution in [2.45, 2.75) is 18.2 Å². The van der Waals surface area contributed by atoms with Crippen LogP contribution in [0.4, 0.5) is 0 Å². The molecule has 0 aliphatic heterocycles. The normalized spacial score (nSPS) is 11.8. The fourth-order valence-corrected chi connectivity index (χ4v) is 3.79. The molecule has 0 unspecified atom stereocenters. The largest absolute Gasteiger partial charge is 0.310 e. The Kier molecular flexibility index (Phi) is 4.43. The number of hydrogen-bond donors (Lipinski definition) is 1. The number of sulfone groups is 1. The summed E-state index contributed by atoms with van der Waals surface area (Å²) in [7, 11) is -3.43. The highest BCUT2D eigenvalue weighted by Gasteiger charge is 2.15. The standard InChI is InChI=1S/C17H15ClN2O3S/c1-11-2-5-13(6-3-11)24(22,23)9-8-16-19-15-7-4-12(18)10-14(15)17(21)20-16/h2-7,10H,8-9H2,1H3,(H,19,20,21). The van der Waals surface area contributed by atoms with Gasteiger partial charge >= 0.3 is 0 Å². The molecule has 3 rings (SSSR count). The summed E-state index contributed by atoms with van der Waals surface area (Å²) in [4.78, 5) is 19.3. The van der Waals surface area contributed by atoms with Crippen molar-refractivity contribution < 1.29 is 8.42 Å². The van der Waals surface area contributed by atoms with Crippen LogP contribution in [0.1, 0.15) is 11.4 Å². The highest BCUT2D eigenvalue weighted by molar-refractivity contribution is 7.91. The molecule has 1 N–H and O–H groups in total. The molecular formula is C17H15ClN2O3S. The van der Waals surface area contributed by atoms with Crippen LogP contribution in [-0.2, 0) is 16.3 Å². The summed E-state index contributed by atoms with van der Waals surface area (Å²) in [6.07, 6.45) is 0.129. The van der Waals surface area contributed by atoms with E-state index in [1.165, 1.54) is 6.07 Å². The number of aromatic amines is 1. The molecule has 0 atom stereocenters. The van der Waals surface area contributed by atoms with Crippen LogP contribution in [0, 0.1) is 6.92 Å². The lowest BCUT2D eigenvalue weighted by Gasteiger charge is -2.06. The Balaban J connectivity index is 1.86.